The third-order valence-corrected chi connectivity index (χ3v) is 6.92. The Kier molecular flexibility index (Phi) is 5.15. The predicted molar refractivity (Wildman–Crippen MR) is 111 cm³/mol. The van der Waals surface area contributed by atoms with Gasteiger partial charge in [-0.15, -0.1) is 0 Å². The highest BCUT2D eigenvalue weighted by molar-refractivity contribution is 5.94. The third kappa shape index (κ3) is 3.55. The summed E-state index contributed by atoms with van der Waals surface area (Å²) in [5.41, 5.74) is 1.75. The summed E-state index contributed by atoms with van der Waals surface area (Å²) in [6.07, 6.45) is 6.54. The number of hydrogen-bond acceptors (Lipinski definition) is 4. The van der Waals surface area contributed by atoms with Crippen molar-refractivity contribution in [3.63, 3.8) is 0 Å². The van der Waals surface area contributed by atoms with Crippen LogP contribution < -0.4 is 5.56 Å². The van der Waals surface area contributed by atoms with Gasteiger partial charge < -0.3 is 9.88 Å². The molecule has 2 aromatic rings. The van der Waals surface area contributed by atoms with E-state index in [0.717, 1.165) is 30.6 Å². The van der Waals surface area contributed by atoms with Gasteiger partial charge in [0.15, 0.2) is 0 Å². The number of rotatable bonds is 3. The number of halogens is 1. The van der Waals surface area contributed by atoms with Gasteiger partial charge in [-0.3, -0.25) is 14.5 Å². The summed E-state index contributed by atoms with van der Waals surface area (Å²) < 4.78 is 14.0. The first-order valence-corrected chi connectivity index (χ1v) is 11.0. The van der Waals surface area contributed by atoms with Crippen molar-refractivity contribution in [2.45, 2.75) is 57.0 Å². The lowest BCUT2D eigenvalue weighted by Crippen LogP contribution is -2.41. The molecule has 7 heteroatoms. The molecule has 1 saturated heterocycles. The molecule has 2 fully saturated rings. The van der Waals surface area contributed by atoms with Crippen LogP contribution in [0.2, 0.25) is 0 Å². The molecular weight excluding hydrogens is 383 g/mol. The van der Waals surface area contributed by atoms with Crippen LogP contribution in [0.5, 0.6) is 0 Å². The number of carbonyl (C=O) groups is 1. The van der Waals surface area contributed by atoms with E-state index in [9.17, 15) is 14.0 Å². The monoisotopic (exact) mass is 410 g/mol. The molecule has 3 aliphatic rings. The van der Waals surface area contributed by atoms with Gasteiger partial charge in [-0.2, -0.15) is 0 Å². The predicted octanol–water partition coefficient (Wildman–Crippen LogP) is 2.84. The van der Waals surface area contributed by atoms with Crippen LogP contribution in [0.1, 0.15) is 65.5 Å². The molecule has 5 rings (SSSR count). The van der Waals surface area contributed by atoms with Gasteiger partial charge in [-0.25, -0.2) is 9.37 Å². The van der Waals surface area contributed by atoms with Crippen molar-refractivity contribution in [3.05, 3.63) is 63.1 Å². The highest BCUT2D eigenvalue weighted by Gasteiger charge is 2.33. The highest BCUT2D eigenvalue weighted by Crippen LogP contribution is 2.29. The molecule has 2 aliphatic heterocycles. The quantitative estimate of drug-likeness (QED) is 0.845. The molecule has 6 nitrogen and oxygen atoms in total. The molecule has 0 bridgehead atoms. The number of benzene rings is 1. The standard InChI is InChI=1S/C23H27FN4O2/c24-19-8-4-3-7-17(19)23(30)28-11-9-15(13-28)21-25-20-10-12-27(16-5-1-2-6-16)14-18(20)22(29)26-21/h3-4,7-8,15-16H,1-2,5-6,9-14H2,(H,25,26,29)/t15-/m0/s1. The maximum atomic E-state index is 14.0. The lowest BCUT2D eigenvalue weighted by Gasteiger charge is -2.32. The minimum absolute atomic E-state index is 0.0217. The van der Waals surface area contributed by atoms with Gasteiger partial charge in [0.1, 0.15) is 11.6 Å². The highest BCUT2D eigenvalue weighted by atomic mass is 19.1. The number of H-pyrrole nitrogens is 1. The van der Waals surface area contributed by atoms with Crippen LogP contribution in [-0.2, 0) is 13.0 Å². The van der Waals surface area contributed by atoms with Crippen molar-refractivity contribution in [3.8, 4) is 0 Å². The van der Waals surface area contributed by atoms with E-state index < -0.39 is 5.82 Å². The molecular formula is C23H27FN4O2. The average Bonchev–Trinajstić information content (AvgIpc) is 3.46. The molecule has 158 valence electrons. The Morgan fingerprint density at radius 3 is 2.73 bits per heavy atom. The molecule has 1 amide bonds. The van der Waals surface area contributed by atoms with E-state index in [-0.39, 0.29) is 22.9 Å². The summed E-state index contributed by atoms with van der Waals surface area (Å²) in [6.45, 7) is 2.62. The summed E-state index contributed by atoms with van der Waals surface area (Å²) in [5.74, 6) is -0.162. The van der Waals surface area contributed by atoms with Crippen molar-refractivity contribution < 1.29 is 9.18 Å². The van der Waals surface area contributed by atoms with Gasteiger partial charge in [0.05, 0.1) is 16.8 Å². The van der Waals surface area contributed by atoms with Gasteiger partial charge in [-0.1, -0.05) is 25.0 Å². The number of aromatic amines is 1. The second-order valence-electron chi connectivity index (χ2n) is 8.75. The Balaban J connectivity index is 1.31. The normalized spacial score (nSPS) is 22.4. The minimum Gasteiger partial charge on any atom is -0.338 e. The molecule has 1 N–H and O–H groups in total. The number of nitrogens with zero attached hydrogens (tertiary/aromatic N) is 3. The summed E-state index contributed by atoms with van der Waals surface area (Å²) in [7, 11) is 0. The van der Waals surface area contributed by atoms with Crippen LogP contribution in [0.4, 0.5) is 4.39 Å². The second kappa shape index (κ2) is 7.95. The molecule has 3 heterocycles. The van der Waals surface area contributed by atoms with Crippen molar-refractivity contribution in [2.24, 2.45) is 0 Å². The number of aromatic nitrogens is 2. The number of fused-ring (bicyclic) bond motifs is 1. The fourth-order valence-electron chi connectivity index (χ4n) is 5.21. The molecule has 1 atom stereocenters. The molecule has 1 saturated carbocycles. The number of likely N-dealkylation sites (tertiary alicyclic amines) is 1. The number of carbonyl (C=O) groups excluding carboxylic acids is 1. The number of nitrogens with one attached hydrogen (secondary N) is 1. The van der Waals surface area contributed by atoms with Crippen molar-refractivity contribution in [1.29, 1.82) is 0 Å². The number of amides is 1. The first-order chi connectivity index (χ1) is 14.6. The van der Waals surface area contributed by atoms with Crippen molar-refractivity contribution >= 4 is 5.91 Å². The van der Waals surface area contributed by atoms with E-state index in [1.807, 2.05) is 0 Å². The fourth-order valence-corrected chi connectivity index (χ4v) is 5.21. The van der Waals surface area contributed by atoms with Gasteiger partial charge in [0.2, 0.25) is 0 Å². The summed E-state index contributed by atoms with van der Waals surface area (Å²) in [4.78, 5) is 37.4. The van der Waals surface area contributed by atoms with Crippen LogP contribution in [0.25, 0.3) is 0 Å². The van der Waals surface area contributed by atoms with Gasteiger partial charge in [-0.05, 0) is 31.4 Å². The summed E-state index contributed by atoms with van der Waals surface area (Å²) in [6, 6.07) is 6.67. The van der Waals surface area contributed by atoms with Gasteiger partial charge in [0.25, 0.3) is 11.5 Å². The van der Waals surface area contributed by atoms with Crippen molar-refractivity contribution in [1.82, 2.24) is 19.8 Å². The average molecular weight is 410 g/mol. The Morgan fingerprint density at radius 1 is 1.13 bits per heavy atom. The van der Waals surface area contributed by atoms with Crippen LogP contribution in [-0.4, -0.2) is 51.4 Å². The smallest absolute Gasteiger partial charge is 0.256 e. The molecule has 1 aromatic heterocycles. The molecule has 1 aliphatic carbocycles. The van der Waals surface area contributed by atoms with E-state index in [2.05, 4.69) is 9.88 Å². The lowest BCUT2D eigenvalue weighted by atomic mass is 10.0. The second-order valence-corrected chi connectivity index (χ2v) is 8.75. The molecule has 0 unspecified atom stereocenters. The first kappa shape index (κ1) is 19.4. The maximum absolute atomic E-state index is 14.0. The zero-order valence-corrected chi connectivity index (χ0v) is 17.1. The van der Waals surface area contributed by atoms with E-state index in [1.54, 1.807) is 17.0 Å². The van der Waals surface area contributed by atoms with Gasteiger partial charge in [0, 0.05) is 44.6 Å². The van der Waals surface area contributed by atoms with Crippen LogP contribution in [0.15, 0.2) is 29.1 Å². The topological polar surface area (TPSA) is 69.3 Å². The Morgan fingerprint density at radius 2 is 1.93 bits per heavy atom. The largest absolute Gasteiger partial charge is 0.338 e. The lowest BCUT2D eigenvalue weighted by molar-refractivity contribution is 0.0786. The summed E-state index contributed by atoms with van der Waals surface area (Å²) in [5, 5.41) is 0. The Bertz CT molecular complexity index is 1010. The molecule has 0 radical (unpaired) electrons. The Labute approximate surface area is 175 Å². The maximum Gasteiger partial charge on any atom is 0.256 e. The first-order valence-electron chi connectivity index (χ1n) is 11.0. The molecule has 30 heavy (non-hydrogen) atoms. The molecule has 0 spiro atoms. The SMILES string of the molecule is O=C(c1ccccc1F)N1CC[C@H](c2nc3c(c(=O)[nH]2)CN(C2CCCC2)CC3)C1. The third-order valence-electron chi connectivity index (χ3n) is 6.92. The zero-order valence-electron chi connectivity index (χ0n) is 17.1. The van der Waals surface area contributed by atoms with Gasteiger partial charge >= 0.3 is 0 Å². The van der Waals surface area contributed by atoms with Crippen LogP contribution >= 0.6 is 0 Å². The van der Waals surface area contributed by atoms with E-state index in [4.69, 9.17) is 4.98 Å². The van der Waals surface area contributed by atoms with Crippen LogP contribution in [0, 0.1) is 5.82 Å². The van der Waals surface area contributed by atoms with E-state index in [0.29, 0.717) is 31.5 Å². The van der Waals surface area contributed by atoms with Crippen LogP contribution in [0.3, 0.4) is 0 Å². The minimum atomic E-state index is -0.502. The van der Waals surface area contributed by atoms with Crippen molar-refractivity contribution in [2.75, 3.05) is 19.6 Å². The molecule has 1 aromatic carbocycles. The Hall–Kier alpha value is -2.54. The van der Waals surface area contributed by atoms with E-state index in [1.165, 1.54) is 37.8 Å². The van der Waals surface area contributed by atoms with E-state index >= 15 is 0 Å². The fraction of sp³-hybridized carbons (Fsp3) is 0.522. The summed E-state index contributed by atoms with van der Waals surface area (Å²) >= 11 is 0. The zero-order chi connectivity index (χ0) is 20.7. The number of hydrogen-bond donors (Lipinski definition) is 1.